The second-order valence-electron chi connectivity index (χ2n) is 11.2. The zero-order valence-corrected chi connectivity index (χ0v) is 24.5. The van der Waals surface area contributed by atoms with Gasteiger partial charge in [0.05, 0.1) is 23.0 Å². The molecule has 2 N–H and O–H groups in total. The van der Waals surface area contributed by atoms with E-state index in [1.807, 2.05) is 73.0 Å². The molecule has 228 valence electrons. The number of carbonyl (C=O) groups is 2. The first kappa shape index (κ1) is 29.2. The molecule has 0 bridgehead atoms. The summed E-state index contributed by atoms with van der Waals surface area (Å²) >= 11 is 0. The topological polar surface area (TPSA) is 96.6 Å². The number of urea groups is 1. The fraction of sp³-hybridized carbons (Fsp3) is 0.312. The van der Waals surface area contributed by atoms with Gasteiger partial charge in [-0.1, -0.05) is 37.6 Å². The van der Waals surface area contributed by atoms with Crippen molar-refractivity contribution in [1.82, 2.24) is 29.2 Å². The molecule has 5 aromatic rings. The standard InChI is InChI=1S/C32H32F3N7O2/c1-4-21-16-40(31(44)38-18-32(33,34)35)17-23(21)27-14-36-28-15-37-29-26(42(27)28)12-13-41(29)30(43)22-9-5-6-10-25(22)39-24-11-7-8-19(2)20(24)3/h5-15,21,23,39H,4,16-18H2,1-3H3,(H,38,44)/t21-,23+/m1/s1. The number of rotatable bonds is 6. The Morgan fingerprint density at radius 3 is 2.52 bits per heavy atom. The average Bonchev–Trinajstić information content (AvgIpc) is 3.74. The van der Waals surface area contributed by atoms with Crippen molar-refractivity contribution in [2.75, 3.05) is 25.0 Å². The van der Waals surface area contributed by atoms with E-state index in [0.717, 1.165) is 28.9 Å². The number of imidazole rings is 1. The summed E-state index contributed by atoms with van der Waals surface area (Å²) in [6.45, 7) is 5.26. The van der Waals surface area contributed by atoms with Crippen LogP contribution < -0.4 is 10.6 Å². The molecule has 0 saturated carbocycles. The minimum absolute atomic E-state index is 0.0153. The summed E-state index contributed by atoms with van der Waals surface area (Å²) in [4.78, 5) is 37.1. The second kappa shape index (κ2) is 11.3. The van der Waals surface area contributed by atoms with Crippen LogP contribution in [-0.2, 0) is 0 Å². The highest BCUT2D eigenvalue weighted by atomic mass is 19.4. The largest absolute Gasteiger partial charge is 0.405 e. The summed E-state index contributed by atoms with van der Waals surface area (Å²) < 4.78 is 41.6. The molecule has 3 aromatic heterocycles. The van der Waals surface area contributed by atoms with Crippen molar-refractivity contribution in [1.29, 1.82) is 0 Å². The maximum atomic E-state index is 14.0. The molecule has 1 aliphatic heterocycles. The molecule has 0 radical (unpaired) electrons. The summed E-state index contributed by atoms with van der Waals surface area (Å²) in [7, 11) is 0. The van der Waals surface area contributed by atoms with Crippen molar-refractivity contribution in [2.24, 2.45) is 5.92 Å². The van der Waals surface area contributed by atoms with Crippen molar-refractivity contribution >= 4 is 40.1 Å². The van der Waals surface area contributed by atoms with Crippen LogP contribution in [0.1, 0.15) is 46.4 Å². The first-order valence-corrected chi connectivity index (χ1v) is 14.5. The van der Waals surface area contributed by atoms with Gasteiger partial charge in [-0.05, 0) is 55.2 Å². The van der Waals surface area contributed by atoms with Crippen LogP contribution in [0.3, 0.4) is 0 Å². The molecule has 2 aromatic carbocycles. The van der Waals surface area contributed by atoms with Gasteiger partial charge in [0.15, 0.2) is 11.3 Å². The van der Waals surface area contributed by atoms with Crippen molar-refractivity contribution < 1.29 is 22.8 Å². The number of amides is 2. The molecule has 1 fully saturated rings. The second-order valence-corrected chi connectivity index (χ2v) is 11.2. The molecule has 0 aliphatic carbocycles. The number of alkyl halides is 3. The fourth-order valence-electron chi connectivity index (χ4n) is 6.01. The Morgan fingerprint density at radius 2 is 1.75 bits per heavy atom. The smallest absolute Gasteiger partial charge is 0.355 e. The Morgan fingerprint density at radius 1 is 0.977 bits per heavy atom. The Balaban J connectivity index is 1.33. The van der Waals surface area contributed by atoms with E-state index in [2.05, 4.69) is 15.3 Å². The Hall–Kier alpha value is -4.87. The molecule has 0 spiro atoms. The SMILES string of the molecule is CC[C@@H]1CN(C(=O)NCC(F)(F)F)C[C@@H]1c1cnc2cnc3c(ccn3C(=O)c3ccccc3Nc3cccc(C)c3C)n12. The van der Waals surface area contributed by atoms with E-state index in [9.17, 15) is 22.8 Å². The molecule has 6 rings (SSSR count). The number of aromatic nitrogens is 4. The third kappa shape index (κ3) is 5.36. The molecular formula is C32H32F3N7O2. The molecule has 1 saturated heterocycles. The van der Waals surface area contributed by atoms with Gasteiger partial charge in [-0.3, -0.25) is 13.8 Å². The Bertz CT molecular complexity index is 1880. The van der Waals surface area contributed by atoms with Gasteiger partial charge in [-0.15, -0.1) is 0 Å². The number of para-hydroxylation sites is 1. The zero-order chi connectivity index (χ0) is 31.2. The van der Waals surface area contributed by atoms with Gasteiger partial charge in [0.1, 0.15) is 6.54 Å². The van der Waals surface area contributed by atoms with Crippen LogP contribution >= 0.6 is 0 Å². The highest BCUT2D eigenvalue weighted by Crippen LogP contribution is 2.36. The quantitative estimate of drug-likeness (QED) is 0.233. The van der Waals surface area contributed by atoms with Crippen molar-refractivity contribution in [2.45, 2.75) is 39.3 Å². The van der Waals surface area contributed by atoms with E-state index in [1.54, 1.807) is 24.7 Å². The van der Waals surface area contributed by atoms with Gasteiger partial charge >= 0.3 is 12.2 Å². The number of hydrogen-bond acceptors (Lipinski definition) is 5. The summed E-state index contributed by atoms with van der Waals surface area (Å²) in [5.41, 5.74) is 6.76. The average molecular weight is 604 g/mol. The van der Waals surface area contributed by atoms with Crippen LogP contribution in [0.5, 0.6) is 0 Å². The van der Waals surface area contributed by atoms with E-state index in [4.69, 9.17) is 0 Å². The number of carbonyl (C=O) groups excluding carboxylic acids is 2. The van der Waals surface area contributed by atoms with E-state index in [-0.39, 0.29) is 24.3 Å². The number of hydrogen-bond donors (Lipinski definition) is 2. The molecular weight excluding hydrogens is 571 g/mol. The molecule has 44 heavy (non-hydrogen) atoms. The summed E-state index contributed by atoms with van der Waals surface area (Å²) in [5.74, 6) is -0.415. The number of anilines is 2. The summed E-state index contributed by atoms with van der Waals surface area (Å²) in [6, 6.07) is 14.4. The maximum absolute atomic E-state index is 14.0. The minimum Gasteiger partial charge on any atom is -0.355 e. The highest BCUT2D eigenvalue weighted by Gasteiger charge is 2.38. The van der Waals surface area contributed by atoms with Crippen LogP contribution in [0.4, 0.5) is 29.3 Å². The van der Waals surface area contributed by atoms with Crippen LogP contribution in [0.25, 0.3) is 16.8 Å². The predicted molar refractivity (Wildman–Crippen MR) is 161 cm³/mol. The molecule has 4 heterocycles. The van der Waals surface area contributed by atoms with Crippen molar-refractivity contribution in [3.8, 4) is 0 Å². The van der Waals surface area contributed by atoms with Gasteiger partial charge in [0.25, 0.3) is 5.91 Å². The van der Waals surface area contributed by atoms with Crippen molar-refractivity contribution in [3.05, 3.63) is 89.5 Å². The van der Waals surface area contributed by atoms with E-state index in [0.29, 0.717) is 34.6 Å². The molecule has 0 unspecified atom stereocenters. The van der Waals surface area contributed by atoms with Gasteiger partial charge < -0.3 is 15.5 Å². The summed E-state index contributed by atoms with van der Waals surface area (Å²) in [6.07, 6.45) is 1.24. The van der Waals surface area contributed by atoms with Gasteiger partial charge in [-0.25, -0.2) is 14.8 Å². The fourth-order valence-corrected chi connectivity index (χ4v) is 6.01. The maximum Gasteiger partial charge on any atom is 0.405 e. The van der Waals surface area contributed by atoms with Gasteiger partial charge in [0, 0.05) is 42.8 Å². The molecule has 2 atom stereocenters. The van der Waals surface area contributed by atoms with Crippen LogP contribution in [0, 0.1) is 19.8 Å². The number of nitrogens with one attached hydrogen (secondary N) is 2. The Labute approximate surface area is 251 Å². The van der Waals surface area contributed by atoms with Crippen LogP contribution in [0.15, 0.2) is 67.1 Å². The highest BCUT2D eigenvalue weighted by molar-refractivity contribution is 6.05. The normalized spacial score (nSPS) is 17.0. The molecule has 9 nitrogen and oxygen atoms in total. The zero-order valence-electron chi connectivity index (χ0n) is 24.5. The third-order valence-corrected chi connectivity index (χ3v) is 8.52. The van der Waals surface area contributed by atoms with Crippen LogP contribution in [0.2, 0.25) is 0 Å². The van der Waals surface area contributed by atoms with Crippen LogP contribution in [-0.4, -0.2) is 61.6 Å². The van der Waals surface area contributed by atoms with E-state index >= 15 is 0 Å². The van der Waals surface area contributed by atoms with E-state index in [1.165, 1.54) is 9.47 Å². The van der Waals surface area contributed by atoms with Gasteiger partial charge in [0.2, 0.25) is 0 Å². The third-order valence-electron chi connectivity index (χ3n) is 8.52. The molecule has 2 amide bonds. The number of fused-ring (bicyclic) bond motifs is 3. The number of benzene rings is 2. The molecule has 12 heteroatoms. The number of likely N-dealkylation sites (tertiary alicyclic amines) is 1. The first-order valence-electron chi connectivity index (χ1n) is 14.5. The molecule has 1 aliphatic rings. The lowest BCUT2D eigenvalue weighted by Gasteiger charge is -2.18. The van der Waals surface area contributed by atoms with Gasteiger partial charge in [-0.2, -0.15) is 13.2 Å². The number of halogens is 3. The first-order chi connectivity index (χ1) is 21.1. The summed E-state index contributed by atoms with van der Waals surface area (Å²) in [5, 5.41) is 5.40. The number of nitrogens with zero attached hydrogens (tertiary/aromatic N) is 5. The monoisotopic (exact) mass is 603 g/mol. The lowest BCUT2D eigenvalue weighted by Crippen LogP contribution is -2.42. The van der Waals surface area contributed by atoms with Crippen molar-refractivity contribution in [3.63, 3.8) is 0 Å². The van der Waals surface area contributed by atoms with E-state index < -0.39 is 18.8 Å². The predicted octanol–water partition coefficient (Wildman–Crippen LogP) is 6.43. The Kier molecular flexibility index (Phi) is 7.52. The lowest BCUT2D eigenvalue weighted by molar-refractivity contribution is -0.123. The number of aryl methyl sites for hydroxylation is 1. The minimum atomic E-state index is -4.49. The lowest BCUT2D eigenvalue weighted by atomic mass is 9.91.